The molecule has 0 aliphatic rings. The van der Waals surface area contributed by atoms with Crippen LogP contribution in [0.5, 0.6) is 0 Å². The molecule has 0 bridgehead atoms. The molecule has 0 aromatic heterocycles. The highest BCUT2D eigenvalue weighted by molar-refractivity contribution is 9.10. The summed E-state index contributed by atoms with van der Waals surface area (Å²) in [6.07, 6.45) is 1.18. The van der Waals surface area contributed by atoms with Crippen molar-refractivity contribution in [3.63, 3.8) is 0 Å². The molecule has 0 unspecified atom stereocenters. The molecular formula is C10H10BrNO3. The normalized spacial score (nSPS) is 11.8. The van der Waals surface area contributed by atoms with Crippen molar-refractivity contribution in [1.82, 2.24) is 5.48 Å². The van der Waals surface area contributed by atoms with Crippen molar-refractivity contribution in [2.75, 3.05) is 0 Å². The molecule has 0 spiro atoms. The zero-order chi connectivity index (χ0) is 11.1. The number of hydrogen-bond donors (Lipinski definition) is 1. The lowest BCUT2D eigenvalue weighted by molar-refractivity contribution is -0.138. The van der Waals surface area contributed by atoms with Crippen LogP contribution in [0.25, 0.3) is 0 Å². The second kappa shape index (κ2) is 6.31. The number of halogens is 1. The largest absolute Gasteiger partial charge is 0.373 e. The van der Waals surface area contributed by atoms with Gasteiger partial charge in [0, 0.05) is 4.47 Å². The average molecular weight is 272 g/mol. The summed E-state index contributed by atoms with van der Waals surface area (Å²) in [5.74, 6) is 0. The maximum atomic E-state index is 10.6. The lowest BCUT2D eigenvalue weighted by atomic mass is 10.1. The van der Waals surface area contributed by atoms with Gasteiger partial charge in [-0.1, -0.05) is 28.1 Å². The van der Waals surface area contributed by atoms with Crippen LogP contribution in [0.4, 0.5) is 0 Å². The number of nitrogens with one attached hydrogen (secondary N) is 1. The van der Waals surface area contributed by atoms with Crippen LogP contribution < -0.4 is 5.48 Å². The summed E-state index contributed by atoms with van der Waals surface area (Å²) in [7, 11) is 0. The van der Waals surface area contributed by atoms with Crippen LogP contribution >= 0.6 is 15.9 Å². The van der Waals surface area contributed by atoms with Gasteiger partial charge in [0.1, 0.15) is 12.3 Å². The Labute approximate surface area is 95.7 Å². The third kappa shape index (κ3) is 4.22. The molecule has 0 aliphatic carbocycles. The Morgan fingerprint density at radius 2 is 2.00 bits per heavy atom. The van der Waals surface area contributed by atoms with E-state index in [4.69, 9.17) is 0 Å². The molecule has 1 aromatic rings. The molecule has 5 heteroatoms. The van der Waals surface area contributed by atoms with Crippen molar-refractivity contribution < 1.29 is 14.4 Å². The number of hydrogen-bond acceptors (Lipinski definition) is 4. The van der Waals surface area contributed by atoms with Crippen LogP contribution in [-0.4, -0.2) is 18.8 Å². The van der Waals surface area contributed by atoms with Crippen molar-refractivity contribution in [2.24, 2.45) is 0 Å². The van der Waals surface area contributed by atoms with Gasteiger partial charge < -0.3 is 9.63 Å². The van der Waals surface area contributed by atoms with Crippen molar-refractivity contribution in [2.45, 2.75) is 12.5 Å². The molecule has 1 N–H and O–H groups in total. The van der Waals surface area contributed by atoms with Gasteiger partial charge in [-0.2, -0.15) is 0 Å². The van der Waals surface area contributed by atoms with Gasteiger partial charge in [0.05, 0.1) is 0 Å². The fourth-order valence-electron chi connectivity index (χ4n) is 1.11. The van der Waals surface area contributed by atoms with Gasteiger partial charge in [-0.25, -0.2) is 0 Å². The van der Waals surface area contributed by atoms with Crippen LogP contribution in [0.15, 0.2) is 28.7 Å². The molecule has 0 aliphatic heterocycles. The number of rotatable bonds is 6. The molecule has 0 radical (unpaired) electrons. The molecule has 0 amide bonds. The van der Waals surface area contributed by atoms with Crippen LogP contribution in [-0.2, 0) is 20.8 Å². The molecule has 0 saturated carbocycles. The van der Waals surface area contributed by atoms with Crippen LogP contribution in [0.3, 0.4) is 0 Å². The highest BCUT2D eigenvalue weighted by Gasteiger charge is 2.07. The van der Waals surface area contributed by atoms with E-state index in [2.05, 4.69) is 26.2 Å². The highest BCUT2D eigenvalue weighted by atomic mass is 79.9. The van der Waals surface area contributed by atoms with E-state index in [0.29, 0.717) is 12.7 Å². The summed E-state index contributed by atoms with van der Waals surface area (Å²) in [5.41, 5.74) is 3.32. The van der Waals surface area contributed by atoms with Gasteiger partial charge in [0.25, 0.3) is 0 Å². The molecule has 0 heterocycles. The third-order valence-corrected chi connectivity index (χ3v) is 2.33. The first kappa shape index (κ1) is 11.9. The number of hydroxylamine groups is 1. The monoisotopic (exact) mass is 271 g/mol. The Hall–Kier alpha value is -1.20. The van der Waals surface area contributed by atoms with E-state index in [-0.39, 0.29) is 6.47 Å². The Morgan fingerprint density at radius 1 is 1.33 bits per heavy atom. The Balaban J connectivity index is 2.54. The Morgan fingerprint density at radius 3 is 2.53 bits per heavy atom. The third-order valence-electron chi connectivity index (χ3n) is 1.80. The second-order valence-corrected chi connectivity index (χ2v) is 3.82. The SMILES string of the molecule is O=CON[C@@H](C=O)Cc1ccc(Br)cc1. The molecule has 0 saturated heterocycles. The van der Waals surface area contributed by atoms with Gasteiger partial charge in [0.2, 0.25) is 0 Å². The van der Waals surface area contributed by atoms with Gasteiger partial charge >= 0.3 is 6.47 Å². The molecular weight excluding hydrogens is 262 g/mol. The first-order valence-electron chi connectivity index (χ1n) is 4.31. The van der Waals surface area contributed by atoms with Gasteiger partial charge in [-0.05, 0) is 24.1 Å². The number of benzene rings is 1. The van der Waals surface area contributed by atoms with E-state index < -0.39 is 6.04 Å². The topological polar surface area (TPSA) is 55.4 Å². The lowest BCUT2D eigenvalue weighted by Gasteiger charge is -2.09. The molecule has 15 heavy (non-hydrogen) atoms. The molecule has 80 valence electrons. The van der Waals surface area contributed by atoms with E-state index >= 15 is 0 Å². The Bertz CT molecular complexity index is 326. The number of aldehydes is 1. The fraction of sp³-hybridized carbons (Fsp3) is 0.200. The fourth-order valence-corrected chi connectivity index (χ4v) is 1.37. The van der Waals surface area contributed by atoms with Crippen LogP contribution in [0.1, 0.15) is 5.56 Å². The predicted octanol–water partition coefficient (Wildman–Crippen LogP) is 1.24. The minimum atomic E-state index is -0.517. The van der Waals surface area contributed by atoms with Gasteiger partial charge in [-0.15, -0.1) is 5.48 Å². The molecule has 1 rings (SSSR count). The first-order valence-corrected chi connectivity index (χ1v) is 5.10. The van der Waals surface area contributed by atoms with E-state index in [1.807, 2.05) is 24.3 Å². The molecule has 4 nitrogen and oxygen atoms in total. The van der Waals surface area contributed by atoms with Gasteiger partial charge in [-0.3, -0.25) is 4.79 Å². The smallest absolute Gasteiger partial charge is 0.312 e. The van der Waals surface area contributed by atoms with E-state index in [1.165, 1.54) is 0 Å². The lowest BCUT2D eigenvalue weighted by Crippen LogP contribution is -2.32. The van der Waals surface area contributed by atoms with Crippen molar-refractivity contribution >= 4 is 28.7 Å². The molecule has 1 atom stereocenters. The van der Waals surface area contributed by atoms with E-state index in [1.54, 1.807) is 0 Å². The van der Waals surface area contributed by atoms with Crippen molar-refractivity contribution in [1.29, 1.82) is 0 Å². The van der Waals surface area contributed by atoms with Crippen LogP contribution in [0.2, 0.25) is 0 Å². The highest BCUT2D eigenvalue weighted by Crippen LogP contribution is 2.11. The minimum Gasteiger partial charge on any atom is -0.373 e. The summed E-state index contributed by atoms with van der Waals surface area (Å²) in [5, 5.41) is 0. The zero-order valence-electron chi connectivity index (χ0n) is 7.85. The predicted molar refractivity (Wildman–Crippen MR) is 58.0 cm³/mol. The van der Waals surface area contributed by atoms with Crippen molar-refractivity contribution in [3.05, 3.63) is 34.3 Å². The molecule has 1 aromatic carbocycles. The first-order chi connectivity index (χ1) is 7.26. The van der Waals surface area contributed by atoms with E-state index in [0.717, 1.165) is 10.0 Å². The summed E-state index contributed by atoms with van der Waals surface area (Å²) >= 11 is 3.31. The summed E-state index contributed by atoms with van der Waals surface area (Å²) < 4.78 is 0.978. The summed E-state index contributed by atoms with van der Waals surface area (Å²) in [6.45, 7) is 0.248. The maximum Gasteiger partial charge on any atom is 0.312 e. The van der Waals surface area contributed by atoms with Crippen molar-refractivity contribution in [3.8, 4) is 0 Å². The number of carbonyl (C=O) groups excluding carboxylic acids is 2. The van der Waals surface area contributed by atoms with Crippen LogP contribution in [0, 0.1) is 0 Å². The standard InChI is InChI=1S/C10H10BrNO3/c11-9-3-1-8(2-4-9)5-10(6-13)12-15-7-14/h1-4,6-7,10,12H,5H2/t10-/m1/s1. The number of carbonyl (C=O) groups is 2. The second-order valence-electron chi connectivity index (χ2n) is 2.91. The summed E-state index contributed by atoms with van der Waals surface area (Å²) in [6, 6.07) is 7.04. The quantitative estimate of drug-likeness (QED) is 0.625. The van der Waals surface area contributed by atoms with Gasteiger partial charge in [0.15, 0.2) is 0 Å². The molecule has 0 fully saturated rings. The maximum absolute atomic E-state index is 10.6. The average Bonchev–Trinajstić information content (AvgIpc) is 2.27. The summed E-state index contributed by atoms with van der Waals surface area (Å²) in [4.78, 5) is 24.8. The zero-order valence-corrected chi connectivity index (χ0v) is 9.44. The minimum absolute atomic E-state index is 0.248. The Kier molecular flexibility index (Phi) is 5.00. The van der Waals surface area contributed by atoms with E-state index in [9.17, 15) is 9.59 Å².